The van der Waals surface area contributed by atoms with E-state index < -0.39 is 0 Å². The Morgan fingerprint density at radius 1 is 1.36 bits per heavy atom. The van der Waals surface area contributed by atoms with Gasteiger partial charge in [0.25, 0.3) is 0 Å². The third kappa shape index (κ3) is 6.71. The summed E-state index contributed by atoms with van der Waals surface area (Å²) in [6.45, 7) is 8.87. The molecule has 158 valence electrons. The zero-order valence-corrected chi connectivity index (χ0v) is 18.5. The van der Waals surface area contributed by atoms with Gasteiger partial charge in [0.15, 0.2) is 5.96 Å². The van der Waals surface area contributed by atoms with Gasteiger partial charge in [-0.1, -0.05) is 13.8 Å². The van der Waals surface area contributed by atoms with Gasteiger partial charge in [-0.2, -0.15) is 0 Å². The van der Waals surface area contributed by atoms with E-state index in [0.717, 1.165) is 64.5 Å². The fourth-order valence-corrected chi connectivity index (χ4v) is 4.86. The number of aromatic nitrogens is 1. The molecule has 0 radical (unpaired) electrons. The fourth-order valence-electron chi connectivity index (χ4n) is 3.79. The maximum absolute atomic E-state index is 6.13. The Balaban J connectivity index is 1.38. The highest BCUT2D eigenvalue weighted by Crippen LogP contribution is 2.19. The molecule has 1 N–H and O–H groups in total. The Hall–Kier alpha value is -1.18. The van der Waals surface area contributed by atoms with Crippen molar-refractivity contribution < 1.29 is 9.47 Å². The number of aliphatic imine (C=N–C) groups is 1. The molecule has 2 fully saturated rings. The van der Waals surface area contributed by atoms with E-state index >= 15 is 0 Å². The molecule has 0 spiro atoms. The largest absolute Gasteiger partial charge is 0.376 e. The number of ether oxygens (including phenoxy) is 2. The summed E-state index contributed by atoms with van der Waals surface area (Å²) in [6, 6.07) is 0. The predicted octanol–water partition coefficient (Wildman–Crippen LogP) is 3.47. The number of piperidine rings is 1. The van der Waals surface area contributed by atoms with Crippen LogP contribution in [-0.2, 0) is 22.4 Å². The van der Waals surface area contributed by atoms with Gasteiger partial charge in [0.05, 0.1) is 30.4 Å². The van der Waals surface area contributed by atoms with E-state index in [1.54, 1.807) is 11.3 Å². The van der Waals surface area contributed by atoms with Gasteiger partial charge in [0.2, 0.25) is 0 Å². The lowest BCUT2D eigenvalue weighted by atomic mass is 10.1. The van der Waals surface area contributed by atoms with Crippen LogP contribution < -0.4 is 5.32 Å². The van der Waals surface area contributed by atoms with E-state index in [-0.39, 0.29) is 0 Å². The second-order valence-corrected chi connectivity index (χ2v) is 9.43. The quantitative estimate of drug-likeness (QED) is 0.553. The van der Waals surface area contributed by atoms with E-state index in [1.165, 1.54) is 22.7 Å². The van der Waals surface area contributed by atoms with Gasteiger partial charge in [-0.25, -0.2) is 4.98 Å². The molecule has 0 amide bonds. The van der Waals surface area contributed by atoms with Gasteiger partial charge >= 0.3 is 0 Å². The zero-order chi connectivity index (χ0) is 19.8. The molecule has 3 rings (SSSR count). The summed E-state index contributed by atoms with van der Waals surface area (Å²) >= 11 is 1.80. The van der Waals surface area contributed by atoms with Crippen molar-refractivity contribution in [3.63, 3.8) is 0 Å². The summed E-state index contributed by atoms with van der Waals surface area (Å²) in [6.07, 6.45) is 9.41. The maximum Gasteiger partial charge on any atom is 0.193 e. The molecular formula is C21H36N4O2S. The van der Waals surface area contributed by atoms with Gasteiger partial charge in [-0.3, -0.25) is 4.99 Å². The van der Waals surface area contributed by atoms with Crippen molar-refractivity contribution in [2.24, 2.45) is 10.9 Å². The minimum Gasteiger partial charge on any atom is -0.376 e. The van der Waals surface area contributed by atoms with E-state index in [9.17, 15) is 0 Å². The Morgan fingerprint density at radius 2 is 2.18 bits per heavy atom. The van der Waals surface area contributed by atoms with Crippen molar-refractivity contribution in [3.8, 4) is 0 Å². The number of nitrogens with one attached hydrogen (secondary N) is 1. The van der Waals surface area contributed by atoms with Gasteiger partial charge in [0.1, 0.15) is 0 Å². The molecular weight excluding hydrogens is 372 g/mol. The average molecular weight is 409 g/mol. The number of hydrogen-bond donors (Lipinski definition) is 1. The monoisotopic (exact) mass is 408 g/mol. The smallest absolute Gasteiger partial charge is 0.193 e. The van der Waals surface area contributed by atoms with Crippen LogP contribution in [0.4, 0.5) is 0 Å². The first-order chi connectivity index (χ1) is 13.6. The lowest BCUT2D eigenvalue weighted by molar-refractivity contribution is -0.0721. The van der Waals surface area contributed by atoms with Crippen molar-refractivity contribution in [2.75, 3.05) is 33.4 Å². The van der Waals surface area contributed by atoms with Gasteiger partial charge < -0.3 is 19.7 Å². The molecule has 0 aromatic carbocycles. The normalized spacial score (nSPS) is 22.1. The standard InChI is InChI=1S/C21H36N4O2S/c1-16(2)12-20-23-13-19(28-20)14-24-21(22-3)25-9-7-17(8-10-25)27-15-18-6-4-5-11-26-18/h13,16-18H,4-12,14-15H2,1-3H3,(H,22,24). The topological polar surface area (TPSA) is 59.0 Å². The first-order valence-corrected chi connectivity index (χ1v) is 11.6. The molecule has 2 aliphatic rings. The molecule has 1 aromatic heterocycles. The lowest BCUT2D eigenvalue weighted by Crippen LogP contribution is -2.47. The van der Waals surface area contributed by atoms with Crippen LogP contribution in [0.25, 0.3) is 0 Å². The molecule has 6 nitrogen and oxygen atoms in total. The second-order valence-electron chi connectivity index (χ2n) is 8.23. The Kier molecular flexibility index (Phi) is 8.55. The number of rotatable bonds is 7. The molecule has 1 unspecified atom stereocenters. The number of nitrogens with zero attached hydrogens (tertiary/aromatic N) is 3. The molecule has 3 heterocycles. The lowest BCUT2D eigenvalue weighted by Gasteiger charge is -2.35. The van der Waals surface area contributed by atoms with Crippen LogP contribution in [0.1, 0.15) is 55.8 Å². The minimum absolute atomic E-state index is 0.307. The van der Waals surface area contributed by atoms with Gasteiger partial charge in [-0.15, -0.1) is 11.3 Å². The molecule has 0 saturated carbocycles. The van der Waals surface area contributed by atoms with Crippen LogP contribution in [0.2, 0.25) is 0 Å². The van der Waals surface area contributed by atoms with Crippen LogP contribution in [0.3, 0.4) is 0 Å². The van der Waals surface area contributed by atoms with Crippen LogP contribution in [0.5, 0.6) is 0 Å². The number of likely N-dealkylation sites (tertiary alicyclic amines) is 1. The summed E-state index contributed by atoms with van der Waals surface area (Å²) in [5.74, 6) is 1.63. The highest BCUT2D eigenvalue weighted by Gasteiger charge is 2.23. The average Bonchev–Trinajstić information content (AvgIpc) is 3.15. The van der Waals surface area contributed by atoms with Crippen LogP contribution in [0, 0.1) is 5.92 Å². The predicted molar refractivity (Wildman–Crippen MR) is 115 cm³/mol. The Labute approximate surface area is 173 Å². The van der Waals surface area contributed by atoms with E-state index in [4.69, 9.17) is 9.47 Å². The van der Waals surface area contributed by atoms with E-state index in [2.05, 4.69) is 34.0 Å². The summed E-state index contributed by atoms with van der Waals surface area (Å²) in [4.78, 5) is 12.6. The Morgan fingerprint density at radius 3 is 2.86 bits per heavy atom. The highest BCUT2D eigenvalue weighted by atomic mass is 32.1. The van der Waals surface area contributed by atoms with Crippen molar-refractivity contribution in [1.29, 1.82) is 0 Å². The van der Waals surface area contributed by atoms with Gasteiger partial charge in [-0.05, 0) is 38.0 Å². The van der Waals surface area contributed by atoms with E-state index in [0.29, 0.717) is 18.1 Å². The molecule has 0 aliphatic carbocycles. The molecule has 2 saturated heterocycles. The third-order valence-electron chi connectivity index (χ3n) is 5.35. The molecule has 28 heavy (non-hydrogen) atoms. The van der Waals surface area contributed by atoms with Crippen LogP contribution in [-0.4, -0.2) is 61.4 Å². The first kappa shape index (κ1) is 21.5. The SMILES string of the molecule is CN=C(NCc1cnc(CC(C)C)s1)N1CCC(OCC2CCCCO2)CC1. The summed E-state index contributed by atoms with van der Waals surface area (Å²) in [5, 5.41) is 4.73. The van der Waals surface area contributed by atoms with Crippen molar-refractivity contribution >= 4 is 17.3 Å². The van der Waals surface area contributed by atoms with Crippen molar-refractivity contribution in [3.05, 3.63) is 16.1 Å². The number of hydrogen-bond acceptors (Lipinski definition) is 5. The molecule has 1 atom stereocenters. The van der Waals surface area contributed by atoms with Crippen molar-refractivity contribution in [1.82, 2.24) is 15.2 Å². The minimum atomic E-state index is 0.307. The number of guanidine groups is 1. The second kappa shape index (κ2) is 11.1. The van der Waals surface area contributed by atoms with Crippen LogP contribution >= 0.6 is 11.3 Å². The zero-order valence-electron chi connectivity index (χ0n) is 17.7. The highest BCUT2D eigenvalue weighted by molar-refractivity contribution is 7.11. The molecule has 7 heteroatoms. The molecule has 2 aliphatic heterocycles. The number of thiazole rings is 1. The molecule has 1 aromatic rings. The summed E-state index contributed by atoms with van der Waals surface area (Å²) in [7, 11) is 1.86. The van der Waals surface area contributed by atoms with Gasteiger partial charge in [0, 0.05) is 44.2 Å². The first-order valence-electron chi connectivity index (χ1n) is 10.8. The summed E-state index contributed by atoms with van der Waals surface area (Å²) in [5.41, 5.74) is 0. The van der Waals surface area contributed by atoms with Crippen molar-refractivity contribution in [2.45, 2.75) is 71.1 Å². The fraction of sp³-hybridized carbons (Fsp3) is 0.810. The maximum atomic E-state index is 6.13. The molecule has 0 bridgehead atoms. The van der Waals surface area contributed by atoms with Crippen LogP contribution in [0.15, 0.2) is 11.2 Å². The Bertz CT molecular complexity index is 605. The summed E-state index contributed by atoms with van der Waals surface area (Å²) < 4.78 is 11.9. The van der Waals surface area contributed by atoms with E-state index in [1.807, 2.05) is 13.2 Å². The third-order valence-corrected chi connectivity index (χ3v) is 6.37.